The van der Waals surface area contributed by atoms with E-state index in [1.165, 1.54) is 6.20 Å². The molecule has 1 aromatic heterocycles. The van der Waals surface area contributed by atoms with E-state index in [2.05, 4.69) is 55.3 Å². The van der Waals surface area contributed by atoms with Crippen LogP contribution in [0.2, 0.25) is 15.1 Å². The first-order valence-corrected chi connectivity index (χ1v) is 16.9. The van der Waals surface area contributed by atoms with Crippen LogP contribution >= 0.6 is 23.2 Å². The molecule has 44 heavy (non-hydrogen) atoms. The van der Waals surface area contributed by atoms with Crippen molar-refractivity contribution in [2.24, 2.45) is 0 Å². The van der Waals surface area contributed by atoms with Gasteiger partial charge in [-0.25, -0.2) is 4.79 Å². The van der Waals surface area contributed by atoms with E-state index in [9.17, 15) is 14.7 Å². The highest BCUT2D eigenvalue weighted by Gasteiger charge is 2.50. The summed E-state index contributed by atoms with van der Waals surface area (Å²) >= 11 is 12.5. The predicted octanol–water partition coefficient (Wildman–Crippen LogP) is 7.61. The number of pyridine rings is 1. The first kappa shape index (κ1) is 31.4. The number of hydrogen-bond acceptors (Lipinski definition) is 4. The molecule has 4 aromatic carbocycles. The molecule has 5 rings (SSSR count). The van der Waals surface area contributed by atoms with Crippen molar-refractivity contribution in [3.8, 4) is 0 Å². The van der Waals surface area contributed by atoms with Gasteiger partial charge in [-0.15, -0.1) is 0 Å². The summed E-state index contributed by atoms with van der Waals surface area (Å²) in [5.41, 5.74) is 1.67. The second-order valence-corrected chi connectivity index (χ2v) is 16.6. The van der Waals surface area contributed by atoms with Crippen molar-refractivity contribution in [3.05, 3.63) is 130 Å². The van der Waals surface area contributed by atoms with Crippen LogP contribution in [0.1, 0.15) is 47.1 Å². The molecule has 0 aliphatic heterocycles. The van der Waals surface area contributed by atoms with Crippen LogP contribution in [-0.4, -0.2) is 36.9 Å². The van der Waals surface area contributed by atoms with Crippen LogP contribution in [0.3, 0.4) is 0 Å². The number of fused-ring (bicyclic) bond motifs is 1. The quantitative estimate of drug-likeness (QED) is 0.162. The normalized spacial score (nSPS) is 11.8. The molecule has 0 saturated carbocycles. The fraction of sp³-hybridized carbons (Fsp3) is 0.171. The highest BCUT2D eigenvalue weighted by molar-refractivity contribution is 6.99. The first-order valence-electron chi connectivity index (χ1n) is 14.2. The van der Waals surface area contributed by atoms with Gasteiger partial charge in [-0.2, -0.15) is 0 Å². The van der Waals surface area contributed by atoms with E-state index in [-0.39, 0.29) is 32.8 Å². The fourth-order valence-electron chi connectivity index (χ4n) is 5.80. The summed E-state index contributed by atoms with van der Waals surface area (Å²) in [5, 5.41) is 16.1. The number of para-hydroxylation sites is 1. The standard InChI is InChI=1S/C35H32Cl2N2O4Si/c1-35(2,3)44(23-12-6-4-7-13-23,24-14-8-5-9-15-24)43-21-20-25-26-16-10-19-30(32(26)38-22-27(25)34(41)42)39-33(40)31-28(36)17-11-18-29(31)37/h4-19,22H,20-21H2,1-3H3,(H,39,40)(H,41,42). The zero-order valence-corrected chi connectivity index (χ0v) is 27.1. The maximum Gasteiger partial charge on any atom is 0.337 e. The van der Waals surface area contributed by atoms with Gasteiger partial charge in [-0.1, -0.05) is 123 Å². The molecule has 5 aromatic rings. The molecule has 0 bridgehead atoms. The number of carbonyl (C=O) groups excluding carboxylic acids is 1. The number of aromatic carboxylic acids is 1. The average Bonchev–Trinajstić information content (AvgIpc) is 2.99. The number of amides is 1. The summed E-state index contributed by atoms with van der Waals surface area (Å²) in [6, 6.07) is 30.7. The van der Waals surface area contributed by atoms with Crippen LogP contribution in [0.4, 0.5) is 5.69 Å². The van der Waals surface area contributed by atoms with Gasteiger partial charge < -0.3 is 14.8 Å². The molecule has 1 heterocycles. The monoisotopic (exact) mass is 642 g/mol. The second kappa shape index (κ2) is 12.9. The largest absolute Gasteiger partial charge is 0.478 e. The topological polar surface area (TPSA) is 88.5 Å². The molecule has 0 aliphatic rings. The highest BCUT2D eigenvalue weighted by atomic mass is 35.5. The Bertz CT molecular complexity index is 1770. The second-order valence-electron chi connectivity index (χ2n) is 11.5. The number of benzene rings is 4. The van der Waals surface area contributed by atoms with E-state index in [0.717, 1.165) is 10.4 Å². The average molecular weight is 644 g/mol. The lowest BCUT2D eigenvalue weighted by Crippen LogP contribution is -2.66. The van der Waals surface area contributed by atoms with Gasteiger partial charge in [0.1, 0.15) is 0 Å². The summed E-state index contributed by atoms with van der Waals surface area (Å²) < 4.78 is 7.06. The van der Waals surface area contributed by atoms with Gasteiger partial charge in [-0.05, 0) is 45.6 Å². The van der Waals surface area contributed by atoms with E-state index in [1.54, 1.807) is 30.3 Å². The number of hydrogen-bond donors (Lipinski definition) is 2. The van der Waals surface area contributed by atoms with Crippen molar-refractivity contribution in [2.45, 2.75) is 32.2 Å². The minimum absolute atomic E-state index is 0.0844. The van der Waals surface area contributed by atoms with Crippen LogP contribution < -0.4 is 15.7 Å². The van der Waals surface area contributed by atoms with E-state index in [1.807, 2.05) is 42.5 Å². The first-order chi connectivity index (χ1) is 21.0. The molecule has 2 N–H and O–H groups in total. The molecule has 224 valence electrons. The Balaban J connectivity index is 1.54. The molecule has 1 amide bonds. The smallest absolute Gasteiger partial charge is 0.337 e. The number of halogens is 2. The maximum atomic E-state index is 13.2. The molecule has 0 atom stereocenters. The molecule has 0 radical (unpaired) electrons. The number of carboxylic acids is 1. The molecular formula is C35H32Cl2N2O4Si. The summed E-state index contributed by atoms with van der Waals surface area (Å²) in [5.74, 6) is -1.58. The minimum atomic E-state index is -2.84. The van der Waals surface area contributed by atoms with E-state index >= 15 is 0 Å². The summed E-state index contributed by atoms with van der Waals surface area (Å²) in [6.07, 6.45) is 1.65. The van der Waals surface area contributed by atoms with Crippen molar-refractivity contribution in [2.75, 3.05) is 11.9 Å². The zero-order chi connectivity index (χ0) is 31.5. The van der Waals surface area contributed by atoms with Crippen LogP contribution in [0.15, 0.2) is 103 Å². The van der Waals surface area contributed by atoms with Crippen molar-refractivity contribution >= 4 is 70.4 Å². The van der Waals surface area contributed by atoms with Gasteiger partial charge in [0, 0.05) is 18.2 Å². The highest BCUT2D eigenvalue weighted by Crippen LogP contribution is 2.37. The number of aromatic nitrogens is 1. The third kappa shape index (κ3) is 6.01. The summed E-state index contributed by atoms with van der Waals surface area (Å²) in [7, 11) is -2.84. The van der Waals surface area contributed by atoms with Crippen LogP contribution in [-0.2, 0) is 10.8 Å². The van der Waals surface area contributed by atoms with Gasteiger partial charge in [0.25, 0.3) is 14.2 Å². The minimum Gasteiger partial charge on any atom is -0.478 e. The maximum absolute atomic E-state index is 13.2. The van der Waals surface area contributed by atoms with Crippen molar-refractivity contribution in [1.29, 1.82) is 0 Å². The number of nitrogens with zero attached hydrogens (tertiary/aromatic N) is 1. The van der Waals surface area contributed by atoms with Crippen molar-refractivity contribution in [1.82, 2.24) is 4.98 Å². The third-order valence-electron chi connectivity index (χ3n) is 7.76. The van der Waals surface area contributed by atoms with Crippen molar-refractivity contribution < 1.29 is 19.1 Å². The molecule has 6 nitrogen and oxygen atoms in total. The Kier molecular flexibility index (Phi) is 9.22. The molecular weight excluding hydrogens is 611 g/mol. The van der Waals surface area contributed by atoms with E-state index in [4.69, 9.17) is 27.6 Å². The summed E-state index contributed by atoms with van der Waals surface area (Å²) in [6.45, 7) is 6.87. The van der Waals surface area contributed by atoms with Crippen LogP contribution in [0, 0.1) is 0 Å². The van der Waals surface area contributed by atoms with Gasteiger partial charge in [0.2, 0.25) is 0 Å². The molecule has 0 aliphatic carbocycles. The third-order valence-corrected chi connectivity index (χ3v) is 13.4. The molecule has 0 spiro atoms. The lowest BCUT2D eigenvalue weighted by molar-refractivity contribution is 0.0695. The molecule has 0 saturated heterocycles. The van der Waals surface area contributed by atoms with Gasteiger partial charge in [0.05, 0.1) is 32.4 Å². The lowest BCUT2D eigenvalue weighted by atomic mass is 10.00. The SMILES string of the molecule is CC(C)(C)[Si](OCCc1c(C(=O)O)cnc2c(NC(=O)c3c(Cl)cccc3Cl)cccc12)(c1ccccc1)c1ccccc1. The van der Waals surface area contributed by atoms with Gasteiger partial charge in [0.15, 0.2) is 0 Å². The Morgan fingerprint density at radius 1 is 0.841 bits per heavy atom. The zero-order valence-electron chi connectivity index (χ0n) is 24.6. The number of rotatable bonds is 9. The number of carboxylic acid groups (broad SMARTS) is 1. The Hall–Kier alpha value is -4.01. The molecule has 0 fully saturated rings. The van der Waals surface area contributed by atoms with E-state index < -0.39 is 20.2 Å². The Morgan fingerprint density at radius 3 is 1.95 bits per heavy atom. The van der Waals surface area contributed by atoms with Crippen LogP contribution in [0.25, 0.3) is 10.9 Å². The summed E-state index contributed by atoms with van der Waals surface area (Å²) in [4.78, 5) is 30.0. The lowest BCUT2D eigenvalue weighted by Gasteiger charge is -2.43. The number of carbonyl (C=O) groups is 2. The molecule has 0 unspecified atom stereocenters. The fourth-order valence-corrected chi connectivity index (χ4v) is 10.9. The molecule has 9 heteroatoms. The predicted molar refractivity (Wildman–Crippen MR) is 180 cm³/mol. The Morgan fingerprint density at radius 2 is 1.41 bits per heavy atom. The van der Waals surface area contributed by atoms with Crippen molar-refractivity contribution in [3.63, 3.8) is 0 Å². The number of anilines is 1. The van der Waals surface area contributed by atoms with Gasteiger partial charge >= 0.3 is 5.97 Å². The van der Waals surface area contributed by atoms with Gasteiger partial charge in [-0.3, -0.25) is 9.78 Å². The Labute approximate surface area is 267 Å². The number of nitrogens with one attached hydrogen (secondary N) is 1. The van der Waals surface area contributed by atoms with E-state index in [0.29, 0.717) is 28.6 Å². The van der Waals surface area contributed by atoms with Crippen LogP contribution in [0.5, 0.6) is 0 Å².